The van der Waals surface area contributed by atoms with Gasteiger partial charge in [-0.25, -0.2) is 17.5 Å². The van der Waals surface area contributed by atoms with E-state index in [1.807, 2.05) is 6.92 Å². The third kappa shape index (κ3) is 4.28. The number of halogens is 1. The maximum Gasteiger partial charge on any atom is 0.240 e. The Morgan fingerprint density at radius 2 is 2.21 bits per heavy atom. The number of hydrogen-bond donors (Lipinski definition) is 1. The van der Waals surface area contributed by atoms with Crippen LogP contribution in [0, 0.1) is 17.1 Å². The largest absolute Gasteiger partial charge is 0.377 e. The van der Waals surface area contributed by atoms with Crippen LogP contribution in [-0.2, 0) is 14.8 Å². The van der Waals surface area contributed by atoms with E-state index < -0.39 is 15.8 Å². The lowest BCUT2D eigenvalue weighted by Gasteiger charge is -2.13. The lowest BCUT2D eigenvalue weighted by atomic mass is 10.2. The average Bonchev–Trinajstić information content (AvgIpc) is 2.37. The monoisotopic (exact) mass is 286 g/mol. The molecule has 7 heteroatoms. The normalized spacial score (nSPS) is 12.9. The molecule has 0 radical (unpaired) electrons. The van der Waals surface area contributed by atoms with Crippen LogP contribution in [0.25, 0.3) is 0 Å². The highest BCUT2D eigenvalue weighted by Crippen LogP contribution is 2.14. The molecule has 0 fully saturated rings. The van der Waals surface area contributed by atoms with Crippen LogP contribution in [0.3, 0.4) is 0 Å². The molecule has 1 rings (SSSR count). The molecule has 1 unspecified atom stereocenters. The van der Waals surface area contributed by atoms with E-state index in [4.69, 9.17) is 10.00 Å². The minimum Gasteiger partial charge on any atom is -0.377 e. The number of benzene rings is 1. The molecule has 0 saturated heterocycles. The lowest BCUT2D eigenvalue weighted by Crippen LogP contribution is -2.32. The van der Waals surface area contributed by atoms with Gasteiger partial charge in [0.15, 0.2) is 0 Å². The molecule has 0 bridgehead atoms. The van der Waals surface area contributed by atoms with Crippen LogP contribution in [0.1, 0.15) is 19.4 Å². The maximum absolute atomic E-state index is 13.1. The van der Waals surface area contributed by atoms with Crippen molar-refractivity contribution in [1.82, 2.24) is 4.72 Å². The molecule has 0 aliphatic rings. The van der Waals surface area contributed by atoms with E-state index in [9.17, 15) is 12.8 Å². The van der Waals surface area contributed by atoms with E-state index in [-0.39, 0.29) is 23.1 Å². The quantitative estimate of drug-likeness (QED) is 0.857. The van der Waals surface area contributed by atoms with Crippen LogP contribution in [-0.4, -0.2) is 27.7 Å². The van der Waals surface area contributed by atoms with Crippen molar-refractivity contribution in [2.75, 3.05) is 13.2 Å². The van der Waals surface area contributed by atoms with E-state index in [2.05, 4.69) is 4.72 Å². The van der Waals surface area contributed by atoms with E-state index >= 15 is 0 Å². The fourth-order valence-electron chi connectivity index (χ4n) is 1.41. The fourth-order valence-corrected chi connectivity index (χ4v) is 2.55. The second-order valence-electron chi connectivity index (χ2n) is 3.87. The lowest BCUT2D eigenvalue weighted by molar-refractivity contribution is 0.0799. The van der Waals surface area contributed by atoms with Crippen molar-refractivity contribution in [3.63, 3.8) is 0 Å². The number of nitrogens with zero attached hydrogens (tertiary/aromatic N) is 1. The van der Waals surface area contributed by atoms with Gasteiger partial charge < -0.3 is 4.74 Å². The summed E-state index contributed by atoms with van der Waals surface area (Å²) < 4.78 is 44.5. The van der Waals surface area contributed by atoms with Crippen LogP contribution in [0.4, 0.5) is 4.39 Å². The number of nitrogens with one attached hydrogen (secondary N) is 1. The summed E-state index contributed by atoms with van der Waals surface area (Å²) in [6.07, 6.45) is -0.268. The Kier molecular flexibility index (Phi) is 5.42. The summed E-state index contributed by atoms with van der Waals surface area (Å²) >= 11 is 0. The molecule has 0 amide bonds. The van der Waals surface area contributed by atoms with Crippen LogP contribution in [0.2, 0.25) is 0 Å². The minimum absolute atomic E-state index is 0.107. The second kappa shape index (κ2) is 6.61. The third-order valence-corrected chi connectivity index (χ3v) is 3.80. The molecule has 1 aromatic carbocycles. The van der Waals surface area contributed by atoms with Gasteiger partial charge in [0.1, 0.15) is 11.9 Å². The topological polar surface area (TPSA) is 79.2 Å². The van der Waals surface area contributed by atoms with Gasteiger partial charge in [0.2, 0.25) is 10.0 Å². The first-order valence-corrected chi connectivity index (χ1v) is 7.20. The zero-order valence-electron chi connectivity index (χ0n) is 10.7. The Bertz CT molecular complexity index is 581. The van der Waals surface area contributed by atoms with Crippen molar-refractivity contribution in [3.8, 4) is 6.07 Å². The Morgan fingerprint density at radius 3 is 2.79 bits per heavy atom. The van der Waals surface area contributed by atoms with Gasteiger partial charge in [0.05, 0.1) is 16.6 Å². The first-order valence-electron chi connectivity index (χ1n) is 5.71. The summed E-state index contributed by atoms with van der Waals surface area (Å²) in [4.78, 5) is -0.144. The van der Waals surface area contributed by atoms with Gasteiger partial charge >= 0.3 is 0 Å². The molecule has 0 aliphatic heterocycles. The minimum atomic E-state index is -3.77. The summed E-state index contributed by atoms with van der Waals surface area (Å²) in [6, 6.07) is 4.68. The van der Waals surface area contributed by atoms with Crippen molar-refractivity contribution < 1.29 is 17.5 Å². The molecule has 0 aromatic heterocycles. The molecular weight excluding hydrogens is 271 g/mol. The summed E-state index contributed by atoms with van der Waals surface area (Å²) in [5, 5.41) is 8.67. The number of sulfonamides is 1. The molecule has 104 valence electrons. The maximum atomic E-state index is 13.1. The van der Waals surface area contributed by atoms with Gasteiger partial charge in [-0.1, -0.05) is 0 Å². The van der Waals surface area contributed by atoms with Crippen LogP contribution < -0.4 is 4.72 Å². The van der Waals surface area contributed by atoms with Crippen molar-refractivity contribution in [2.24, 2.45) is 0 Å². The number of nitriles is 1. The van der Waals surface area contributed by atoms with Crippen LogP contribution in [0.5, 0.6) is 0 Å². The molecule has 0 aliphatic carbocycles. The predicted octanol–water partition coefficient (Wildman–Crippen LogP) is 1.40. The highest BCUT2D eigenvalue weighted by atomic mass is 32.2. The molecule has 19 heavy (non-hydrogen) atoms. The standard InChI is InChI=1S/C12H15FN2O3S/c1-3-18-9(2)8-15-19(16,17)11-4-5-12(13)10(6-11)7-14/h4-6,9,15H,3,8H2,1-2H3. The van der Waals surface area contributed by atoms with Gasteiger partial charge in [-0.2, -0.15) is 5.26 Å². The molecule has 1 N–H and O–H groups in total. The van der Waals surface area contributed by atoms with Gasteiger partial charge in [-0.3, -0.25) is 0 Å². The number of ether oxygens (including phenoxy) is 1. The number of hydrogen-bond acceptors (Lipinski definition) is 4. The van der Waals surface area contributed by atoms with Gasteiger partial charge in [0, 0.05) is 13.2 Å². The molecule has 1 aromatic rings. The molecule has 0 spiro atoms. The van der Waals surface area contributed by atoms with Crippen LogP contribution >= 0.6 is 0 Å². The zero-order chi connectivity index (χ0) is 14.5. The Balaban J connectivity index is 2.86. The molecular formula is C12H15FN2O3S. The third-order valence-electron chi connectivity index (χ3n) is 2.38. The second-order valence-corrected chi connectivity index (χ2v) is 5.64. The molecule has 0 heterocycles. The van der Waals surface area contributed by atoms with Crippen molar-refractivity contribution in [3.05, 3.63) is 29.6 Å². The summed E-state index contributed by atoms with van der Waals surface area (Å²) in [7, 11) is -3.77. The smallest absolute Gasteiger partial charge is 0.240 e. The van der Waals surface area contributed by atoms with E-state index in [1.165, 1.54) is 0 Å². The van der Waals surface area contributed by atoms with E-state index in [0.717, 1.165) is 18.2 Å². The highest BCUT2D eigenvalue weighted by Gasteiger charge is 2.17. The zero-order valence-corrected chi connectivity index (χ0v) is 11.5. The Morgan fingerprint density at radius 1 is 1.53 bits per heavy atom. The van der Waals surface area contributed by atoms with Crippen molar-refractivity contribution in [1.29, 1.82) is 5.26 Å². The summed E-state index contributed by atoms with van der Waals surface area (Å²) in [5.74, 6) is -0.746. The van der Waals surface area contributed by atoms with Crippen LogP contribution in [0.15, 0.2) is 23.1 Å². The first-order chi connectivity index (χ1) is 8.90. The number of rotatable bonds is 6. The van der Waals surface area contributed by atoms with Gasteiger partial charge in [-0.05, 0) is 32.0 Å². The first kappa shape index (κ1) is 15.6. The summed E-state index contributed by atoms with van der Waals surface area (Å²) in [6.45, 7) is 4.13. The molecule has 5 nitrogen and oxygen atoms in total. The predicted molar refractivity (Wildman–Crippen MR) is 67.4 cm³/mol. The van der Waals surface area contributed by atoms with E-state index in [0.29, 0.717) is 6.61 Å². The van der Waals surface area contributed by atoms with Gasteiger partial charge in [0.25, 0.3) is 0 Å². The Hall–Kier alpha value is -1.49. The molecule has 0 saturated carbocycles. The van der Waals surface area contributed by atoms with E-state index in [1.54, 1.807) is 13.0 Å². The summed E-state index contributed by atoms with van der Waals surface area (Å²) in [5.41, 5.74) is -0.305. The fraction of sp³-hybridized carbons (Fsp3) is 0.417. The average molecular weight is 286 g/mol. The SMILES string of the molecule is CCOC(C)CNS(=O)(=O)c1ccc(F)c(C#N)c1. The molecule has 1 atom stereocenters. The highest BCUT2D eigenvalue weighted by molar-refractivity contribution is 7.89. The van der Waals surface area contributed by atoms with Gasteiger partial charge in [-0.15, -0.1) is 0 Å². The Labute approximate surface area is 112 Å². The van der Waals surface area contributed by atoms with Crippen molar-refractivity contribution >= 4 is 10.0 Å². The van der Waals surface area contributed by atoms with Crippen molar-refractivity contribution in [2.45, 2.75) is 24.8 Å².